The van der Waals surface area contributed by atoms with E-state index >= 15 is 0 Å². The van der Waals surface area contributed by atoms with Gasteiger partial charge in [0.15, 0.2) is 0 Å². The zero-order valence-electron chi connectivity index (χ0n) is 11.6. The van der Waals surface area contributed by atoms with Crippen LogP contribution in [0.2, 0.25) is 0 Å². The van der Waals surface area contributed by atoms with E-state index < -0.39 is 0 Å². The second-order valence-corrected chi connectivity index (χ2v) is 6.26. The molecule has 2 heteroatoms. The predicted molar refractivity (Wildman–Crippen MR) is 75.8 cm³/mol. The molecule has 1 aromatic carbocycles. The maximum absolute atomic E-state index is 4.81. The molecule has 1 aromatic heterocycles. The lowest BCUT2D eigenvalue weighted by atomic mass is 9.81. The Morgan fingerprint density at radius 1 is 1.39 bits per heavy atom. The van der Waals surface area contributed by atoms with Crippen LogP contribution in [0.1, 0.15) is 57.3 Å². The van der Waals surface area contributed by atoms with Gasteiger partial charge in [-0.15, -0.1) is 0 Å². The average Bonchev–Trinajstić information content (AvgIpc) is 2.90. The molecule has 0 aliphatic heterocycles. The molecule has 1 unspecified atom stereocenters. The molecule has 1 aliphatic carbocycles. The van der Waals surface area contributed by atoms with Gasteiger partial charge in [0.25, 0.3) is 0 Å². The summed E-state index contributed by atoms with van der Waals surface area (Å²) in [4.78, 5) is 8.37. The molecule has 3 rings (SSSR count). The van der Waals surface area contributed by atoms with Gasteiger partial charge in [-0.2, -0.15) is 0 Å². The first kappa shape index (κ1) is 11.8. The van der Waals surface area contributed by atoms with Crippen molar-refractivity contribution >= 4 is 11.0 Å². The lowest BCUT2D eigenvalue weighted by Gasteiger charge is -2.24. The van der Waals surface area contributed by atoms with Gasteiger partial charge >= 0.3 is 0 Å². The lowest BCUT2D eigenvalue weighted by molar-refractivity contribution is 0.324. The summed E-state index contributed by atoms with van der Waals surface area (Å²) >= 11 is 0. The van der Waals surface area contributed by atoms with Crippen LogP contribution in [0.15, 0.2) is 18.2 Å². The number of hydrogen-bond donors (Lipinski definition) is 1. The van der Waals surface area contributed by atoms with Crippen LogP contribution in [0.5, 0.6) is 0 Å². The highest BCUT2D eigenvalue weighted by Crippen LogP contribution is 2.48. The van der Waals surface area contributed by atoms with Crippen molar-refractivity contribution in [1.82, 2.24) is 9.97 Å². The van der Waals surface area contributed by atoms with Gasteiger partial charge in [0.2, 0.25) is 0 Å². The predicted octanol–water partition coefficient (Wildman–Crippen LogP) is 4.42. The van der Waals surface area contributed by atoms with Gasteiger partial charge in [0, 0.05) is 5.92 Å². The van der Waals surface area contributed by atoms with Crippen LogP contribution in [0.3, 0.4) is 0 Å². The SMILES string of the molecule is CCc1ccc2nc(C3CCCC3(C)C)[nH]c2c1. The van der Waals surface area contributed by atoms with Gasteiger partial charge in [-0.05, 0) is 42.4 Å². The molecule has 1 saturated carbocycles. The van der Waals surface area contributed by atoms with Crippen LogP contribution in [-0.2, 0) is 6.42 Å². The van der Waals surface area contributed by atoms with Crippen molar-refractivity contribution in [1.29, 1.82) is 0 Å². The van der Waals surface area contributed by atoms with Gasteiger partial charge in [0.05, 0.1) is 11.0 Å². The highest BCUT2D eigenvalue weighted by Gasteiger charge is 2.37. The third-order valence-corrected chi connectivity index (χ3v) is 4.56. The molecule has 0 bridgehead atoms. The Hall–Kier alpha value is -1.31. The molecule has 2 aromatic rings. The third kappa shape index (κ3) is 1.84. The second-order valence-electron chi connectivity index (χ2n) is 6.26. The fraction of sp³-hybridized carbons (Fsp3) is 0.562. The van der Waals surface area contributed by atoms with Crippen LogP contribution in [0.25, 0.3) is 11.0 Å². The summed E-state index contributed by atoms with van der Waals surface area (Å²) in [6.45, 7) is 6.93. The molecular weight excluding hydrogens is 220 g/mol. The summed E-state index contributed by atoms with van der Waals surface area (Å²) in [7, 11) is 0. The Balaban J connectivity index is 2.03. The van der Waals surface area contributed by atoms with E-state index in [9.17, 15) is 0 Å². The molecular formula is C16H22N2. The van der Waals surface area contributed by atoms with Crippen molar-refractivity contribution in [3.05, 3.63) is 29.6 Å². The fourth-order valence-corrected chi connectivity index (χ4v) is 3.30. The summed E-state index contributed by atoms with van der Waals surface area (Å²) in [5.41, 5.74) is 4.09. The molecule has 1 fully saturated rings. The molecule has 1 N–H and O–H groups in total. The van der Waals surface area contributed by atoms with E-state index in [2.05, 4.69) is 44.0 Å². The molecule has 1 heterocycles. The van der Waals surface area contributed by atoms with Gasteiger partial charge in [0.1, 0.15) is 5.82 Å². The number of nitrogens with zero attached hydrogens (tertiary/aromatic N) is 1. The van der Waals surface area contributed by atoms with Gasteiger partial charge in [-0.25, -0.2) is 4.98 Å². The van der Waals surface area contributed by atoms with E-state index in [-0.39, 0.29) is 0 Å². The molecule has 0 saturated heterocycles. The Kier molecular flexibility index (Phi) is 2.69. The normalized spacial score (nSPS) is 22.7. The molecule has 0 radical (unpaired) electrons. The zero-order valence-corrected chi connectivity index (χ0v) is 11.6. The van der Waals surface area contributed by atoms with E-state index in [0.717, 1.165) is 11.9 Å². The molecule has 1 aliphatic rings. The van der Waals surface area contributed by atoms with Crippen LogP contribution >= 0.6 is 0 Å². The number of aromatic amines is 1. The summed E-state index contributed by atoms with van der Waals surface area (Å²) in [5.74, 6) is 1.79. The van der Waals surface area contributed by atoms with Crippen molar-refractivity contribution in [2.75, 3.05) is 0 Å². The molecule has 0 amide bonds. The Morgan fingerprint density at radius 2 is 2.22 bits per heavy atom. The number of rotatable bonds is 2. The van der Waals surface area contributed by atoms with Crippen molar-refractivity contribution in [2.24, 2.45) is 5.41 Å². The number of hydrogen-bond acceptors (Lipinski definition) is 1. The van der Waals surface area contributed by atoms with E-state index in [1.54, 1.807) is 0 Å². The summed E-state index contributed by atoms with van der Waals surface area (Å²) in [6.07, 6.45) is 5.00. The largest absolute Gasteiger partial charge is 0.342 e. The number of imidazole rings is 1. The van der Waals surface area contributed by atoms with E-state index in [1.807, 2.05) is 0 Å². The van der Waals surface area contributed by atoms with E-state index in [0.29, 0.717) is 11.3 Å². The first-order valence-corrected chi connectivity index (χ1v) is 7.09. The standard InChI is InChI=1S/C16H22N2/c1-4-11-7-8-13-14(10-11)18-15(17-13)12-6-5-9-16(12,2)3/h7-8,10,12H,4-6,9H2,1-3H3,(H,17,18). The van der Waals surface area contributed by atoms with Crippen LogP contribution in [-0.4, -0.2) is 9.97 Å². The number of aryl methyl sites for hydroxylation is 1. The maximum Gasteiger partial charge on any atom is 0.110 e. The quantitative estimate of drug-likeness (QED) is 0.829. The second kappa shape index (κ2) is 4.11. The van der Waals surface area contributed by atoms with E-state index in [4.69, 9.17) is 4.98 Å². The molecule has 0 spiro atoms. The van der Waals surface area contributed by atoms with Gasteiger partial charge < -0.3 is 4.98 Å². The molecule has 1 atom stereocenters. The highest BCUT2D eigenvalue weighted by atomic mass is 14.9. The Labute approximate surface area is 109 Å². The number of fused-ring (bicyclic) bond motifs is 1. The smallest absolute Gasteiger partial charge is 0.110 e. The van der Waals surface area contributed by atoms with Crippen LogP contribution < -0.4 is 0 Å². The Bertz CT molecular complexity index is 565. The van der Waals surface area contributed by atoms with Crippen molar-refractivity contribution in [3.8, 4) is 0 Å². The van der Waals surface area contributed by atoms with E-state index in [1.165, 1.54) is 36.2 Å². The first-order valence-electron chi connectivity index (χ1n) is 7.09. The summed E-state index contributed by atoms with van der Waals surface area (Å²) in [6, 6.07) is 6.58. The minimum Gasteiger partial charge on any atom is -0.342 e. The highest BCUT2D eigenvalue weighted by molar-refractivity contribution is 5.76. The summed E-state index contributed by atoms with van der Waals surface area (Å²) < 4.78 is 0. The number of H-pyrrole nitrogens is 1. The first-order chi connectivity index (χ1) is 8.60. The number of benzene rings is 1. The molecule has 18 heavy (non-hydrogen) atoms. The van der Waals surface area contributed by atoms with Gasteiger partial charge in [-0.3, -0.25) is 0 Å². The van der Waals surface area contributed by atoms with Crippen LogP contribution in [0.4, 0.5) is 0 Å². The third-order valence-electron chi connectivity index (χ3n) is 4.56. The minimum absolute atomic E-state index is 0.390. The van der Waals surface area contributed by atoms with Crippen LogP contribution in [0, 0.1) is 5.41 Å². The number of aromatic nitrogens is 2. The van der Waals surface area contributed by atoms with Gasteiger partial charge in [-0.1, -0.05) is 33.3 Å². The van der Waals surface area contributed by atoms with Crippen molar-refractivity contribution in [3.63, 3.8) is 0 Å². The summed E-state index contributed by atoms with van der Waals surface area (Å²) in [5, 5.41) is 0. The lowest BCUT2D eigenvalue weighted by Crippen LogP contribution is -2.16. The van der Waals surface area contributed by atoms with Crippen molar-refractivity contribution < 1.29 is 0 Å². The molecule has 96 valence electrons. The minimum atomic E-state index is 0.390. The Morgan fingerprint density at radius 3 is 2.89 bits per heavy atom. The zero-order chi connectivity index (χ0) is 12.8. The van der Waals surface area contributed by atoms with Crippen molar-refractivity contribution in [2.45, 2.75) is 52.4 Å². The topological polar surface area (TPSA) is 28.7 Å². The number of nitrogens with one attached hydrogen (secondary N) is 1. The fourth-order valence-electron chi connectivity index (χ4n) is 3.30. The average molecular weight is 242 g/mol. The maximum atomic E-state index is 4.81. The monoisotopic (exact) mass is 242 g/mol. The molecule has 2 nitrogen and oxygen atoms in total.